The van der Waals surface area contributed by atoms with Crippen LogP contribution >= 0.6 is 0 Å². The first-order chi connectivity index (χ1) is 10.9. The Bertz CT molecular complexity index is 691. The lowest BCUT2D eigenvalue weighted by Gasteiger charge is -2.32. The van der Waals surface area contributed by atoms with Crippen molar-refractivity contribution in [3.63, 3.8) is 0 Å². The smallest absolute Gasteiger partial charge is 0.349 e. The first-order valence-electron chi connectivity index (χ1n) is 7.30. The van der Waals surface area contributed by atoms with Crippen molar-refractivity contribution in [3.8, 4) is 0 Å². The Morgan fingerprint density at radius 3 is 2.74 bits per heavy atom. The average Bonchev–Trinajstić information content (AvgIpc) is 2.92. The van der Waals surface area contributed by atoms with Crippen LogP contribution < -0.4 is 5.32 Å². The van der Waals surface area contributed by atoms with Crippen LogP contribution in [0.3, 0.4) is 0 Å². The van der Waals surface area contributed by atoms with E-state index in [2.05, 4.69) is 15.4 Å². The van der Waals surface area contributed by atoms with Gasteiger partial charge in [-0.2, -0.15) is 18.3 Å². The molecule has 0 spiro atoms. The van der Waals surface area contributed by atoms with Crippen LogP contribution in [0.4, 0.5) is 13.2 Å². The van der Waals surface area contributed by atoms with Crippen molar-refractivity contribution in [1.29, 1.82) is 0 Å². The van der Waals surface area contributed by atoms with Crippen molar-refractivity contribution >= 4 is 11.4 Å². The van der Waals surface area contributed by atoms with Crippen LogP contribution in [0.2, 0.25) is 0 Å². The van der Waals surface area contributed by atoms with Crippen LogP contribution in [0.15, 0.2) is 24.8 Å². The summed E-state index contributed by atoms with van der Waals surface area (Å²) in [7, 11) is 0. The lowest BCUT2D eigenvalue weighted by Crippen LogP contribution is -2.47. The van der Waals surface area contributed by atoms with Gasteiger partial charge in [0.15, 0.2) is 0 Å². The number of piperidine rings is 1. The largest absolute Gasteiger partial charge is 0.401 e. The summed E-state index contributed by atoms with van der Waals surface area (Å²) in [6.45, 7) is -0.255. The molecule has 23 heavy (non-hydrogen) atoms. The normalized spacial score (nSPS) is 17.5. The van der Waals surface area contributed by atoms with E-state index in [0.29, 0.717) is 37.0 Å². The average molecular weight is 327 g/mol. The van der Waals surface area contributed by atoms with E-state index in [4.69, 9.17) is 0 Å². The molecule has 3 heterocycles. The van der Waals surface area contributed by atoms with E-state index >= 15 is 0 Å². The lowest BCUT2D eigenvalue weighted by molar-refractivity contribution is -0.148. The van der Waals surface area contributed by atoms with Gasteiger partial charge in [0.25, 0.3) is 5.91 Å². The Morgan fingerprint density at radius 2 is 2.04 bits per heavy atom. The maximum atomic E-state index is 12.4. The summed E-state index contributed by atoms with van der Waals surface area (Å²) >= 11 is 0. The minimum absolute atomic E-state index is 0.126. The third-order valence-electron chi connectivity index (χ3n) is 3.90. The van der Waals surface area contributed by atoms with Crippen LogP contribution in [-0.4, -0.2) is 57.3 Å². The highest BCUT2D eigenvalue weighted by Crippen LogP contribution is 2.20. The standard InChI is InChI=1S/C14H16F3N5O/c15-14(16,17)9-21-4-1-10(2-5-21)20-13(23)11-7-19-22-6-3-18-8-12(11)22/h3,6-8,10H,1-2,4-5,9H2,(H,20,23). The Kier molecular flexibility index (Phi) is 4.20. The van der Waals surface area contributed by atoms with E-state index in [0.717, 1.165) is 0 Å². The highest BCUT2D eigenvalue weighted by Gasteiger charge is 2.32. The van der Waals surface area contributed by atoms with E-state index in [1.807, 2.05) is 0 Å². The summed E-state index contributed by atoms with van der Waals surface area (Å²) in [4.78, 5) is 17.6. The Labute approximate surface area is 130 Å². The van der Waals surface area contributed by atoms with Gasteiger partial charge in [-0.15, -0.1) is 0 Å². The van der Waals surface area contributed by atoms with Crippen molar-refractivity contribution in [2.45, 2.75) is 25.1 Å². The molecule has 1 aliphatic heterocycles. The first kappa shape index (κ1) is 15.7. The molecule has 1 aliphatic rings. The molecule has 2 aromatic heterocycles. The zero-order chi connectivity index (χ0) is 16.4. The van der Waals surface area contributed by atoms with Crippen LogP contribution in [0.5, 0.6) is 0 Å². The summed E-state index contributed by atoms with van der Waals surface area (Å²) in [5, 5.41) is 6.94. The van der Waals surface area contributed by atoms with Gasteiger partial charge in [0, 0.05) is 31.5 Å². The summed E-state index contributed by atoms with van der Waals surface area (Å²) in [6, 6.07) is -0.126. The molecule has 0 aromatic carbocycles. The highest BCUT2D eigenvalue weighted by molar-refractivity contribution is 6.00. The number of aromatic nitrogens is 3. The fourth-order valence-corrected chi connectivity index (χ4v) is 2.76. The molecule has 1 fully saturated rings. The summed E-state index contributed by atoms with van der Waals surface area (Å²) in [6.07, 6.45) is 3.04. The fourth-order valence-electron chi connectivity index (χ4n) is 2.76. The van der Waals surface area contributed by atoms with Crippen molar-refractivity contribution < 1.29 is 18.0 Å². The number of alkyl halides is 3. The third kappa shape index (κ3) is 3.79. The minimum atomic E-state index is -4.18. The van der Waals surface area contributed by atoms with Crippen molar-refractivity contribution in [1.82, 2.24) is 24.8 Å². The van der Waals surface area contributed by atoms with Gasteiger partial charge >= 0.3 is 6.18 Å². The van der Waals surface area contributed by atoms with Crippen LogP contribution in [0.1, 0.15) is 23.2 Å². The highest BCUT2D eigenvalue weighted by atomic mass is 19.4. The van der Waals surface area contributed by atoms with Crippen molar-refractivity contribution in [2.75, 3.05) is 19.6 Å². The van der Waals surface area contributed by atoms with Gasteiger partial charge in [0.2, 0.25) is 0 Å². The van der Waals surface area contributed by atoms with E-state index in [1.54, 1.807) is 23.1 Å². The second kappa shape index (κ2) is 6.15. The number of likely N-dealkylation sites (tertiary alicyclic amines) is 1. The van der Waals surface area contributed by atoms with Crippen molar-refractivity contribution in [3.05, 3.63) is 30.4 Å². The van der Waals surface area contributed by atoms with E-state index < -0.39 is 12.7 Å². The molecule has 0 radical (unpaired) electrons. The van der Waals surface area contributed by atoms with Gasteiger partial charge in [-0.3, -0.25) is 14.7 Å². The maximum Gasteiger partial charge on any atom is 0.401 e. The number of rotatable bonds is 3. The molecule has 0 unspecified atom stereocenters. The second-order valence-electron chi connectivity index (χ2n) is 5.60. The molecule has 1 saturated heterocycles. The van der Waals surface area contributed by atoms with E-state index in [1.165, 1.54) is 11.1 Å². The van der Waals surface area contributed by atoms with Gasteiger partial charge in [-0.25, -0.2) is 4.52 Å². The van der Waals surface area contributed by atoms with Crippen molar-refractivity contribution in [2.24, 2.45) is 0 Å². The maximum absolute atomic E-state index is 12.4. The second-order valence-corrected chi connectivity index (χ2v) is 5.60. The Hall–Kier alpha value is -2.16. The molecule has 1 amide bonds. The van der Waals surface area contributed by atoms with Crippen LogP contribution in [0, 0.1) is 0 Å². The number of nitrogens with zero attached hydrogens (tertiary/aromatic N) is 4. The zero-order valence-electron chi connectivity index (χ0n) is 12.3. The number of fused-ring (bicyclic) bond motifs is 1. The summed E-state index contributed by atoms with van der Waals surface area (Å²) < 4.78 is 38.6. The molecule has 124 valence electrons. The molecular formula is C14H16F3N5O. The number of nitrogens with one attached hydrogen (secondary N) is 1. The molecule has 6 nitrogen and oxygen atoms in total. The molecule has 2 aromatic rings. The number of carbonyl (C=O) groups excluding carboxylic acids is 1. The molecule has 0 saturated carbocycles. The van der Waals surface area contributed by atoms with Crippen LogP contribution in [-0.2, 0) is 0 Å². The monoisotopic (exact) mass is 327 g/mol. The predicted molar refractivity (Wildman–Crippen MR) is 76.0 cm³/mol. The van der Waals surface area contributed by atoms with E-state index in [-0.39, 0.29) is 11.9 Å². The molecule has 3 rings (SSSR count). The number of hydrogen-bond donors (Lipinski definition) is 1. The van der Waals surface area contributed by atoms with Gasteiger partial charge in [0.05, 0.1) is 30.0 Å². The Morgan fingerprint density at radius 1 is 1.30 bits per heavy atom. The topological polar surface area (TPSA) is 62.5 Å². The molecular weight excluding hydrogens is 311 g/mol. The summed E-state index contributed by atoms with van der Waals surface area (Å²) in [5.74, 6) is -0.276. The number of hydrogen-bond acceptors (Lipinski definition) is 4. The van der Waals surface area contributed by atoms with Crippen LogP contribution in [0.25, 0.3) is 5.52 Å². The molecule has 0 atom stereocenters. The lowest BCUT2D eigenvalue weighted by atomic mass is 10.0. The van der Waals surface area contributed by atoms with Gasteiger partial charge in [-0.05, 0) is 12.8 Å². The number of amides is 1. The van der Waals surface area contributed by atoms with Gasteiger partial charge in [0.1, 0.15) is 0 Å². The SMILES string of the molecule is O=C(NC1CCN(CC(F)(F)F)CC1)c1cnn2ccncc12. The number of halogens is 3. The minimum Gasteiger partial charge on any atom is -0.349 e. The molecule has 0 bridgehead atoms. The summed E-state index contributed by atoms with van der Waals surface area (Å²) in [5.41, 5.74) is 1.01. The number of carbonyl (C=O) groups is 1. The van der Waals surface area contributed by atoms with Gasteiger partial charge in [-0.1, -0.05) is 0 Å². The molecule has 0 aliphatic carbocycles. The first-order valence-corrected chi connectivity index (χ1v) is 7.30. The molecule has 9 heteroatoms. The zero-order valence-corrected chi connectivity index (χ0v) is 12.3. The van der Waals surface area contributed by atoms with E-state index in [9.17, 15) is 18.0 Å². The quantitative estimate of drug-likeness (QED) is 0.928. The Balaban J connectivity index is 1.57. The van der Waals surface area contributed by atoms with Gasteiger partial charge < -0.3 is 5.32 Å². The third-order valence-corrected chi connectivity index (χ3v) is 3.90. The molecule has 1 N–H and O–H groups in total. The fraction of sp³-hybridized carbons (Fsp3) is 0.500. The predicted octanol–water partition coefficient (Wildman–Crippen LogP) is 1.49.